The Bertz CT molecular complexity index is 1000. The molecule has 4 nitrogen and oxygen atoms in total. The molecule has 0 atom stereocenters. The van der Waals surface area contributed by atoms with Gasteiger partial charge in [0.1, 0.15) is 0 Å². The summed E-state index contributed by atoms with van der Waals surface area (Å²) in [5.41, 5.74) is 1.14. The molecule has 3 rings (SSSR count). The minimum atomic E-state index is -2.96. The Morgan fingerprint density at radius 1 is 1.28 bits per heavy atom. The van der Waals surface area contributed by atoms with E-state index in [1.807, 2.05) is 0 Å². The molecular weight excluding hydrogens is 508 g/mol. The number of thioether (sulfide) groups is 1. The van der Waals surface area contributed by atoms with E-state index < -0.39 is 6.61 Å². The van der Waals surface area contributed by atoms with E-state index in [9.17, 15) is 13.6 Å². The lowest BCUT2D eigenvalue weighted by atomic mass is 10.2. The molecule has 2 aromatic rings. The molecule has 152 valence electrons. The van der Waals surface area contributed by atoms with Gasteiger partial charge in [-0.15, -0.1) is 0 Å². The third-order valence-corrected chi connectivity index (χ3v) is 6.27. The second-order valence-electron chi connectivity index (χ2n) is 5.63. The first-order chi connectivity index (χ1) is 13.8. The first-order valence-electron chi connectivity index (χ1n) is 8.24. The highest BCUT2D eigenvalue weighted by atomic mass is 79.9. The Balaban J connectivity index is 1.90. The van der Waals surface area contributed by atoms with Gasteiger partial charge in [-0.3, -0.25) is 9.69 Å². The van der Waals surface area contributed by atoms with E-state index >= 15 is 0 Å². The number of carbonyl (C=O) groups is 1. The number of halogens is 4. The molecule has 0 unspecified atom stereocenters. The zero-order chi connectivity index (χ0) is 21.1. The molecule has 29 heavy (non-hydrogen) atoms. The van der Waals surface area contributed by atoms with Crippen LogP contribution in [0.3, 0.4) is 0 Å². The standard InChI is InChI=1S/C19H13BrClF2NO3S2/c1-2-26-15-7-10(3-6-14(15)27-18(22)23)8-16-17(25)24(19(28)29-16)11-4-5-12(20)13(21)9-11/h3-9,18H,2H2,1H3/b16-8-. The molecule has 10 heteroatoms. The second-order valence-corrected chi connectivity index (χ2v) is 8.57. The van der Waals surface area contributed by atoms with Gasteiger partial charge in [-0.25, -0.2) is 0 Å². The monoisotopic (exact) mass is 519 g/mol. The number of hydrogen-bond donors (Lipinski definition) is 0. The van der Waals surface area contributed by atoms with Gasteiger partial charge in [-0.1, -0.05) is 41.6 Å². The highest BCUT2D eigenvalue weighted by Crippen LogP contribution is 2.39. The van der Waals surface area contributed by atoms with Crippen LogP contribution in [0.4, 0.5) is 14.5 Å². The number of alkyl halides is 2. The average molecular weight is 521 g/mol. The molecule has 0 aliphatic carbocycles. The molecular formula is C19H13BrClF2NO3S2. The molecule has 1 fully saturated rings. The lowest BCUT2D eigenvalue weighted by molar-refractivity contribution is -0.113. The highest BCUT2D eigenvalue weighted by molar-refractivity contribution is 9.10. The number of ether oxygens (including phenoxy) is 2. The predicted octanol–water partition coefficient (Wildman–Crippen LogP) is 6.51. The van der Waals surface area contributed by atoms with Gasteiger partial charge in [0.15, 0.2) is 15.8 Å². The first kappa shape index (κ1) is 22.0. The topological polar surface area (TPSA) is 38.8 Å². The van der Waals surface area contributed by atoms with Gasteiger partial charge in [0.2, 0.25) is 0 Å². The number of nitrogens with zero attached hydrogens (tertiary/aromatic N) is 1. The summed E-state index contributed by atoms with van der Waals surface area (Å²) in [5.74, 6) is -0.211. The van der Waals surface area contributed by atoms with Crippen molar-refractivity contribution in [2.45, 2.75) is 13.5 Å². The van der Waals surface area contributed by atoms with Crippen LogP contribution in [0.1, 0.15) is 12.5 Å². The molecule has 0 N–H and O–H groups in total. The number of carbonyl (C=O) groups excluding carboxylic acids is 1. The molecule has 1 amide bonds. The van der Waals surface area contributed by atoms with Crippen LogP contribution in [0, 0.1) is 0 Å². The number of hydrogen-bond acceptors (Lipinski definition) is 5. The molecule has 0 spiro atoms. The summed E-state index contributed by atoms with van der Waals surface area (Å²) in [6.07, 6.45) is 1.62. The number of amides is 1. The molecule has 1 aliphatic heterocycles. The molecule has 0 aromatic heterocycles. The van der Waals surface area contributed by atoms with Crippen LogP contribution in [-0.4, -0.2) is 23.4 Å². The third kappa shape index (κ3) is 5.09. The Kier molecular flexibility index (Phi) is 7.15. The lowest BCUT2D eigenvalue weighted by Crippen LogP contribution is -2.27. The smallest absolute Gasteiger partial charge is 0.387 e. The van der Waals surface area contributed by atoms with Gasteiger partial charge in [0, 0.05) is 4.47 Å². The van der Waals surface area contributed by atoms with Gasteiger partial charge < -0.3 is 9.47 Å². The fourth-order valence-electron chi connectivity index (χ4n) is 2.54. The summed E-state index contributed by atoms with van der Waals surface area (Å²) in [6, 6.07) is 9.57. The largest absolute Gasteiger partial charge is 0.490 e. The van der Waals surface area contributed by atoms with Gasteiger partial charge in [-0.2, -0.15) is 8.78 Å². The summed E-state index contributed by atoms with van der Waals surface area (Å²) in [7, 11) is 0. The fourth-order valence-corrected chi connectivity index (χ4v) is 4.26. The summed E-state index contributed by atoms with van der Waals surface area (Å²) >= 11 is 15.9. The minimum absolute atomic E-state index is 0.0731. The van der Waals surface area contributed by atoms with E-state index in [1.54, 1.807) is 37.3 Å². The van der Waals surface area contributed by atoms with E-state index in [0.29, 0.717) is 30.0 Å². The van der Waals surface area contributed by atoms with E-state index in [4.69, 9.17) is 28.6 Å². The van der Waals surface area contributed by atoms with Crippen molar-refractivity contribution in [3.05, 3.63) is 56.4 Å². The molecule has 1 heterocycles. The molecule has 1 aliphatic rings. The van der Waals surface area contributed by atoms with Crippen LogP contribution in [0.5, 0.6) is 11.5 Å². The molecule has 2 aromatic carbocycles. The normalized spacial score (nSPS) is 15.5. The maximum absolute atomic E-state index is 12.9. The number of anilines is 1. The molecule has 0 saturated carbocycles. The van der Waals surface area contributed by atoms with Crippen LogP contribution in [0.2, 0.25) is 5.02 Å². The van der Waals surface area contributed by atoms with Gasteiger partial charge in [0.25, 0.3) is 5.91 Å². The maximum Gasteiger partial charge on any atom is 0.387 e. The van der Waals surface area contributed by atoms with Crippen molar-refractivity contribution >= 4 is 73.5 Å². The molecule has 0 radical (unpaired) electrons. The SMILES string of the molecule is CCOc1cc(/C=C2\SC(=S)N(c3ccc(Br)c(Cl)c3)C2=O)ccc1OC(F)F. The minimum Gasteiger partial charge on any atom is -0.490 e. The average Bonchev–Trinajstić information content (AvgIpc) is 2.93. The fraction of sp³-hybridized carbons (Fsp3) is 0.158. The van der Waals surface area contributed by atoms with Crippen molar-refractivity contribution in [3.63, 3.8) is 0 Å². The highest BCUT2D eigenvalue weighted by Gasteiger charge is 2.33. The lowest BCUT2D eigenvalue weighted by Gasteiger charge is -2.15. The van der Waals surface area contributed by atoms with Crippen molar-refractivity contribution in [1.82, 2.24) is 0 Å². The van der Waals surface area contributed by atoms with Gasteiger partial charge >= 0.3 is 6.61 Å². The first-order valence-corrected chi connectivity index (χ1v) is 10.6. The van der Waals surface area contributed by atoms with Crippen molar-refractivity contribution in [2.75, 3.05) is 11.5 Å². The predicted molar refractivity (Wildman–Crippen MR) is 119 cm³/mol. The number of rotatable bonds is 6. The molecule has 0 bridgehead atoms. The quantitative estimate of drug-likeness (QED) is 0.321. The second kappa shape index (κ2) is 9.42. The van der Waals surface area contributed by atoms with Crippen molar-refractivity contribution < 1.29 is 23.0 Å². The van der Waals surface area contributed by atoms with Crippen LogP contribution in [0.25, 0.3) is 6.08 Å². The third-order valence-electron chi connectivity index (χ3n) is 3.74. The van der Waals surface area contributed by atoms with Crippen LogP contribution in [-0.2, 0) is 4.79 Å². The summed E-state index contributed by atoms with van der Waals surface area (Å²) in [6.45, 7) is -0.961. The Labute approximate surface area is 188 Å². The van der Waals surface area contributed by atoms with E-state index in [1.165, 1.54) is 17.0 Å². The maximum atomic E-state index is 12.9. The van der Waals surface area contributed by atoms with E-state index in [2.05, 4.69) is 20.7 Å². The van der Waals surface area contributed by atoms with Crippen LogP contribution >= 0.6 is 51.5 Å². The van der Waals surface area contributed by atoms with E-state index in [-0.39, 0.29) is 24.0 Å². The summed E-state index contributed by atoms with van der Waals surface area (Å²) in [5, 5.41) is 0.455. The van der Waals surface area contributed by atoms with Crippen LogP contribution < -0.4 is 14.4 Å². The zero-order valence-corrected chi connectivity index (χ0v) is 18.8. The van der Waals surface area contributed by atoms with E-state index in [0.717, 1.165) is 11.8 Å². The van der Waals surface area contributed by atoms with Crippen molar-refractivity contribution in [3.8, 4) is 11.5 Å². The van der Waals surface area contributed by atoms with Gasteiger partial charge in [0.05, 0.1) is 22.2 Å². The number of benzene rings is 2. The van der Waals surface area contributed by atoms with Crippen molar-refractivity contribution in [1.29, 1.82) is 0 Å². The van der Waals surface area contributed by atoms with Gasteiger partial charge in [-0.05, 0) is 64.8 Å². The molecule has 1 saturated heterocycles. The Morgan fingerprint density at radius 3 is 2.69 bits per heavy atom. The Hall–Kier alpha value is -1.68. The summed E-state index contributed by atoms with van der Waals surface area (Å²) < 4.78 is 36.0. The van der Waals surface area contributed by atoms with Crippen molar-refractivity contribution in [2.24, 2.45) is 0 Å². The zero-order valence-electron chi connectivity index (χ0n) is 14.8. The Morgan fingerprint density at radius 2 is 2.03 bits per heavy atom. The van der Waals surface area contributed by atoms with Crippen LogP contribution in [0.15, 0.2) is 45.8 Å². The number of thiocarbonyl (C=S) groups is 1. The summed E-state index contributed by atoms with van der Waals surface area (Å²) in [4.78, 5) is 14.7.